The average molecular weight is 319 g/mol. The summed E-state index contributed by atoms with van der Waals surface area (Å²) in [4.78, 5) is 4.56. The molecule has 1 aromatic carbocycles. The van der Waals surface area contributed by atoms with Crippen LogP contribution in [0.2, 0.25) is 5.02 Å². The van der Waals surface area contributed by atoms with Crippen molar-refractivity contribution in [1.29, 1.82) is 0 Å². The number of rotatable bonds is 4. The highest BCUT2D eigenvalue weighted by Gasteiger charge is 2.10. The molecule has 0 radical (unpaired) electrons. The lowest BCUT2D eigenvalue weighted by atomic mass is 10.1. The van der Waals surface area contributed by atoms with Gasteiger partial charge in [0, 0.05) is 29.4 Å². The third-order valence-electron chi connectivity index (χ3n) is 3.45. The minimum Gasteiger partial charge on any atom is -0.366 e. The van der Waals surface area contributed by atoms with E-state index < -0.39 is 0 Å². The van der Waals surface area contributed by atoms with Crippen molar-refractivity contribution >= 4 is 23.1 Å². The number of aromatic nitrogens is 3. The molecule has 0 aliphatic heterocycles. The number of anilines is 1. The minimum absolute atomic E-state index is 0.315. The van der Waals surface area contributed by atoms with Crippen LogP contribution in [-0.4, -0.2) is 14.6 Å². The molecule has 0 fully saturated rings. The van der Waals surface area contributed by atoms with E-state index in [0.717, 1.165) is 22.7 Å². The van der Waals surface area contributed by atoms with Crippen molar-refractivity contribution in [3.05, 3.63) is 58.6 Å². The molecule has 0 aliphatic rings. The molecular weight excluding hydrogens is 303 g/mol. The van der Waals surface area contributed by atoms with Crippen molar-refractivity contribution in [3.63, 3.8) is 0 Å². The van der Waals surface area contributed by atoms with E-state index in [1.54, 1.807) is 16.8 Å². The number of nitrogens with one attached hydrogen (secondary N) is 1. The van der Waals surface area contributed by atoms with Gasteiger partial charge in [-0.3, -0.25) is 0 Å². The predicted octanol–water partition coefficient (Wildman–Crippen LogP) is 4.26. The van der Waals surface area contributed by atoms with Crippen molar-refractivity contribution in [2.45, 2.75) is 26.3 Å². The normalized spacial score (nSPS) is 11.3. The summed E-state index contributed by atoms with van der Waals surface area (Å²) in [6.45, 7) is 4.67. The van der Waals surface area contributed by atoms with Gasteiger partial charge in [0.05, 0.1) is 6.20 Å². The predicted molar refractivity (Wildman–Crippen MR) is 85.8 cm³/mol. The Kier molecular flexibility index (Phi) is 3.98. The van der Waals surface area contributed by atoms with Gasteiger partial charge in [-0.25, -0.2) is 9.37 Å². The summed E-state index contributed by atoms with van der Waals surface area (Å²) in [5.74, 6) is 0.808. The van der Waals surface area contributed by atoms with Gasteiger partial charge < -0.3 is 5.32 Å². The van der Waals surface area contributed by atoms with Crippen LogP contribution >= 0.6 is 11.6 Å². The van der Waals surface area contributed by atoms with E-state index >= 15 is 0 Å². The maximum Gasteiger partial charge on any atom is 0.157 e. The third kappa shape index (κ3) is 2.90. The molecule has 0 bridgehead atoms. The molecule has 1 N–H and O–H groups in total. The van der Waals surface area contributed by atoms with E-state index in [1.807, 2.05) is 12.1 Å². The fraction of sp³-hybridized carbons (Fsp3) is 0.250. The molecule has 6 heteroatoms. The molecule has 114 valence electrons. The zero-order valence-corrected chi connectivity index (χ0v) is 13.1. The van der Waals surface area contributed by atoms with E-state index in [4.69, 9.17) is 11.6 Å². The quantitative estimate of drug-likeness (QED) is 0.781. The van der Waals surface area contributed by atoms with Gasteiger partial charge in [-0.2, -0.15) is 9.61 Å². The van der Waals surface area contributed by atoms with Gasteiger partial charge in [-0.05, 0) is 23.6 Å². The molecular formula is C16H16ClFN4. The highest BCUT2D eigenvalue weighted by Crippen LogP contribution is 2.21. The van der Waals surface area contributed by atoms with Crippen molar-refractivity contribution in [1.82, 2.24) is 14.6 Å². The minimum atomic E-state index is -0.339. The van der Waals surface area contributed by atoms with Crippen molar-refractivity contribution in [3.8, 4) is 0 Å². The third-order valence-corrected chi connectivity index (χ3v) is 3.80. The van der Waals surface area contributed by atoms with Crippen LogP contribution in [-0.2, 0) is 6.54 Å². The lowest BCUT2D eigenvalue weighted by Crippen LogP contribution is -2.08. The smallest absolute Gasteiger partial charge is 0.157 e. The van der Waals surface area contributed by atoms with E-state index in [0.29, 0.717) is 17.5 Å². The number of fused-ring (bicyclic) bond motifs is 1. The van der Waals surface area contributed by atoms with E-state index in [1.165, 1.54) is 12.1 Å². The SMILES string of the molecule is CC(C)c1cc(NCc2ccc(F)cc2Cl)n2nccc2n1. The molecule has 0 unspecified atom stereocenters. The number of benzene rings is 1. The lowest BCUT2D eigenvalue weighted by Gasteiger charge is -2.12. The van der Waals surface area contributed by atoms with E-state index in [-0.39, 0.29) is 5.82 Å². The first-order valence-electron chi connectivity index (χ1n) is 7.07. The first-order chi connectivity index (χ1) is 10.5. The Labute approximate surface area is 132 Å². The van der Waals surface area contributed by atoms with Crippen LogP contribution in [0.4, 0.5) is 10.2 Å². The van der Waals surface area contributed by atoms with Gasteiger partial charge in [-0.15, -0.1) is 0 Å². The topological polar surface area (TPSA) is 42.2 Å². The Balaban J connectivity index is 1.91. The Morgan fingerprint density at radius 1 is 1.27 bits per heavy atom. The molecule has 0 amide bonds. The van der Waals surface area contributed by atoms with Crippen molar-refractivity contribution in [2.24, 2.45) is 0 Å². The summed E-state index contributed by atoms with van der Waals surface area (Å²) in [6.07, 6.45) is 1.71. The van der Waals surface area contributed by atoms with E-state index in [2.05, 4.69) is 29.2 Å². The summed E-state index contributed by atoms with van der Waals surface area (Å²) in [5.41, 5.74) is 2.60. The molecule has 2 heterocycles. The highest BCUT2D eigenvalue weighted by atomic mass is 35.5. The van der Waals surface area contributed by atoms with Crippen LogP contribution in [0.3, 0.4) is 0 Å². The Hall–Kier alpha value is -2.14. The fourth-order valence-corrected chi connectivity index (χ4v) is 2.44. The number of hydrogen-bond donors (Lipinski definition) is 1. The Bertz CT molecular complexity index is 813. The Morgan fingerprint density at radius 3 is 2.82 bits per heavy atom. The summed E-state index contributed by atoms with van der Waals surface area (Å²) in [7, 11) is 0. The van der Waals surface area contributed by atoms with Crippen molar-refractivity contribution in [2.75, 3.05) is 5.32 Å². The molecule has 0 atom stereocenters. The van der Waals surface area contributed by atoms with Gasteiger partial charge in [-0.1, -0.05) is 31.5 Å². The molecule has 3 aromatic rings. The number of halogens is 2. The van der Waals surface area contributed by atoms with Crippen LogP contribution in [0.1, 0.15) is 31.0 Å². The molecule has 0 saturated carbocycles. The van der Waals surface area contributed by atoms with Crippen LogP contribution in [0, 0.1) is 5.82 Å². The molecule has 0 saturated heterocycles. The first-order valence-corrected chi connectivity index (χ1v) is 7.45. The fourth-order valence-electron chi connectivity index (χ4n) is 2.20. The average Bonchev–Trinajstić information content (AvgIpc) is 2.94. The van der Waals surface area contributed by atoms with E-state index in [9.17, 15) is 4.39 Å². The maximum atomic E-state index is 13.1. The van der Waals surface area contributed by atoms with Crippen LogP contribution in [0.15, 0.2) is 36.5 Å². The second-order valence-corrected chi connectivity index (χ2v) is 5.82. The molecule has 0 aliphatic carbocycles. The number of hydrogen-bond acceptors (Lipinski definition) is 3. The van der Waals surface area contributed by atoms with Gasteiger partial charge in [0.1, 0.15) is 11.6 Å². The summed E-state index contributed by atoms with van der Waals surface area (Å²) in [5, 5.41) is 7.97. The van der Waals surface area contributed by atoms with Gasteiger partial charge in [0.2, 0.25) is 0 Å². The maximum absolute atomic E-state index is 13.1. The van der Waals surface area contributed by atoms with Crippen LogP contribution in [0.5, 0.6) is 0 Å². The monoisotopic (exact) mass is 318 g/mol. The first kappa shape index (κ1) is 14.8. The molecule has 3 rings (SSSR count). The summed E-state index contributed by atoms with van der Waals surface area (Å²) >= 11 is 6.06. The zero-order chi connectivity index (χ0) is 15.7. The van der Waals surface area contributed by atoms with Crippen LogP contribution < -0.4 is 5.32 Å². The Morgan fingerprint density at radius 2 is 2.09 bits per heavy atom. The second kappa shape index (κ2) is 5.93. The second-order valence-electron chi connectivity index (χ2n) is 5.41. The summed E-state index contributed by atoms with van der Waals surface area (Å²) in [6, 6.07) is 8.23. The van der Waals surface area contributed by atoms with Crippen LogP contribution in [0.25, 0.3) is 5.65 Å². The standard InChI is InChI=1S/C16H16ClFN4/c1-10(2)14-8-16(22-15(21-14)5-6-20-22)19-9-11-3-4-12(18)7-13(11)17/h3-8,10,19H,9H2,1-2H3. The lowest BCUT2D eigenvalue weighted by molar-refractivity contribution is 0.627. The number of nitrogens with zero attached hydrogens (tertiary/aromatic N) is 3. The van der Waals surface area contributed by atoms with Gasteiger partial charge in [0.25, 0.3) is 0 Å². The molecule has 0 spiro atoms. The summed E-state index contributed by atoms with van der Waals surface area (Å²) < 4.78 is 14.8. The molecule has 22 heavy (non-hydrogen) atoms. The molecule has 4 nitrogen and oxygen atoms in total. The van der Waals surface area contributed by atoms with Gasteiger partial charge >= 0.3 is 0 Å². The molecule has 2 aromatic heterocycles. The van der Waals surface area contributed by atoms with Crippen molar-refractivity contribution < 1.29 is 4.39 Å². The highest BCUT2D eigenvalue weighted by molar-refractivity contribution is 6.31. The zero-order valence-electron chi connectivity index (χ0n) is 12.3. The van der Waals surface area contributed by atoms with Gasteiger partial charge in [0.15, 0.2) is 5.65 Å². The largest absolute Gasteiger partial charge is 0.366 e.